The molecule has 0 spiro atoms. The zero-order chi connectivity index (χ0) is 12.1. The lowest BCUT2D eigenvalue weighted by molar-refractivity contribution is 0.578. The number of rotatable bonds is 4. The van der Waals surface area contributed by atoms with E-state index in [0.29, 0.717) is 0 Å². The molecule has 1 saturated heterocycles. The quantitative estimate of drug-likeness (QED) is 0.883. The third-order valence-corrected chi connectivity index (χ3v) is 3.68. The van der Waals surface area contributed by atoms with Crippen LogP contribution in [0.3, 0.4) is 0 Å². The molecule has 0 atom stereocenters. The summed E-state index contributed by atoms with van der Waals surface area (Å²) in [6, 6.07) is 6.46. The van der Waals surface area contributed by atoms with Gasteiger partial charge in [0, 0.05) is 30.3 Å². The van der Waals surface area contributed by atoms with Crippen LogP contribution < -0.4 is 10.2 Å². The summed E-state index contributed by atoms with van der Waals surface area (Å²) in [5, 5.41) is 4.19. The maximum absolute atomic E-state index is 6.32. The Morgan fingerprint density at radius 1 is 1.24 bits per heavy atom. The summed E-state index contributed by atoms with van der Waals surface area (Å²) in [5.41, 5.74) is 2.46. The fourth-order valence-corrected chi connectivity index (χ4v) is 2.53. The Bertz CT molecular complexity index is 359. The van der Waals surface area contributed by atoms with Gasteiger partial charge in [-0.2, -0.15) is 0 Å². The molecule has 0 bridgehead atoms. The molecule has 1 heterocycles. The van der Waals surface area contributed by atoms with Crippen molar-refractivity contribution >= 4 is 17.3 Å². The van der Waals surface area contributed by atoms with E-state index < -0.39 is 0 Å². The van der Waals surface area contributed by atoms with E-state index in [-0.39, 0.29) is 0 Å². The normalized spacial score (nSPS) is 16.2. The zero-order valence-electron chi connectivity index (χ0n) is 10.5. The van der Waals surface area contributed by atoms with E-state index in [9.17, 15) is 0 Å². The van der Waals surface area contributed by atoms with Crippen LogP contribution in [0.2, 0.25) is 5.02 Å². The highest BCUT2D eigenvalue weighted by molar-refractivity contribution is 6.31. The Labute approximate surface area is 109 Å². The van der Waals surface area contributed by atoms with Crippen LogP contribution in [0.4, 0.5) is 5.69 Å². The van der Waals surface area contributed by atoms with E-state index in [1.165, 1.54) is 43.6 Å². The predicted octanol–water partition coefficient (Wildman–Crippen LogP) is 3.44. The maximum Gasteiger partial charge on any atom is 0.0471 e. The van der Waals surface area contributed by atoms with Gasteiger partial charge in [0.1, 0.15) is 0 Å². The van der Waals surface area contributed by atoms with Gasteiger partial charge in [0.15, 0.2) is 0 Å². The molecular formula is C14H21ClN2. The van der Waals surface area contributed by atoms with Gasteiger partial charge in [0.05, 0.1) is 0 Å². The first kappa shape index (κ1) is 12.7. The van der Waals surface area contributed by atoms with Crippen molar-refractivity contribution in [2.24, 2.45) is 0 Å². The van der Waals surface area contributed by atoms with Crippen LogP contribution in [0.1, 0.15) is 31.7 Å². The molecule has 0 radical (unpaired) electrons. The van der Waals surface area contributed by atoms with E-state index in [1.807, 2.05) is 0 Å². The van der Waals surface area contributed by atoms with E-state index in [2.05, 4.69) is 35.3 Å². The molecule has 0 unspecified atom stereocenters. The van der Waals surface area contributed by atoms with Crippen molar-refractivity contribution in [2.75, 3.05) is 24.5 Å². The van der Waals surface area contributed by atoms with Crippen molar-refractivity contribution in [3.05, 3.63) is 28.8 Å². The molecule has 0 aliphatic carbocycles. The van der Waals surface area contributed by atoms with Crippen molar-refractivity contribution in [2.45, 2.75) is 32.7 Å². The Hall–Kier alpha value is -0.730. The molecule has 1 aromatic carbocycles. The van der Waals surface area contributed by atoms with Crippen LogP contribution in [0.15, 0.2) is 18.2 Å². The summed E-state index contributed by atoms with van der Waals surface area (Å²) in [5.74, 6) is 0. The van der Waals surface area contributed by atoms with Crippen LogP contribution in [0.5, 0.6) is 0 Å². The molecule has 1 N–H and O–H groups in total. The monoisotopic (exact) mass is 252 g/mol. The second-order valence-electron chi connectivity index (χ2n) is 4.60. The van der Waals surface area contributed by atoms with Crippen molar-refractivity contribution in [3.63, 3.8) is 0 Å². The lowest BCUT2D eigenvalue weighted by Crippen LogP contribution is -2.29. The summed E-state index contributed by atoms with van der Waals surface area (Å²) in [6.07, 6.45) is 3.97. The van der Waals surface area contributed by atoms with Gasteiger partial charge in [-0.1, -0.05) is 24.6 Å². The minimum atomic E-state index is 0.857. The van der Waals surface area contributed by atoms with Crippen LogP contribution in [-0.2, 0) is 6.54 Å². The van der Waals surface area contributed by atoms with Gasteiger partial charge in [-0.15, -0.1) is 0 Å². The van der Waals surface area contributed by atoms with Crippen molar-refractivity contribution < 1.29 is 0 Å². The number of hydrogen-bond acceptors (Lipinski definition) is 2. The molecule has 1 fully saturated rings. The Morgan fingerprint density at radius 2 is 2.00 bits per heavy atom. The van der Waals surface area contributed by atoms with Gasteiger partial charge >= 0.3 is 0 Å². The van der Waals surface area contributed by atoms with Crippen LogP contribution in [-0.4, -0.2) is 19.6 Å². The van der Waals surface area contributed by atoms with E-state index in [1.54, 1.807) is 0 Å². The third kappa shape index (κ3) is 3.36. The number of anilines is 1. The summed E-state index contributed by atoms with van der Waals surface area (Å²) in [4.78, 5) is 2.44. The summed E-state index contributed by atoms with van der Waals surface area (Å²) in [7, 11) is 0. The number of halogens is 1. The number of benzene rings is 1. The van der Waals surface area contributed by atoms with Gasteiger partial charge in [0.2, 0.25) is 0 Å². The molecule has 3 heteroatoms. The average molecular weight is 253 g/mol. The largest absolute Gasteiger partial charge is 0.371 e. The molecule has 1 aromatic rings. The van der Waals surface area contributed by atoms with Gasteiger partial charge in [-0.25, -0.2) is 0 Å². The maximum atomic E-state index is 6.32. The standard InChI is InChI=1S/C14H21ClN2/c1-2-16-11-12-6-7-13(10-14(12)15)17-8-4-3-5-9-17/h6-7,10,16H,2-5,8-9,11H2,1H3. The number of hydrogen-bond donors (Lipinski definition) is 1. The summed E-state index contributed by atoms with van der Waals surface area (Å²) < 4.78 is 0. The fraction of sp³-hybridized carbons (Fsp3) is 0.571. The molecule has 0 aromatic heterocycles. The molecule has 1 aliphatic heterocycles. The minimum absolute atomic E-state index is 0.857. The summed E-state index contributed by atoms with van der Waals surface area (Å²) >= 11 is 6.32. The molecule has 17 heavy (non-hydrogen) atoms. The van der Waals surface area contributed by atoms with Gasteiger partial charge in [-0.3, -0.25) is 0 Å². The lowest BCUT2D eigenvalue weighted by atomic mass is 10.1. The first-order valence-electron chi connectivity index (χ1n) is 6.55. The number of nitrogens with zero attached hydrogens (tertiary/aromatic N) is 1. The lowest BCUT2D eigenvalue weighted by Gasteiger charge is -2.29. The SMILES string of the molecule is CCNCc1ccc(N2CCCCC2)cc1Cl. The molecule has 1 aliphatic rings. The first-order valence-corrected chi connectivity index (χ1v) is 6.93. The second kappa shape index (κ2) is 6.27. The number of nitrogens with one attached hydrogen (secondary N) is 1. The summed E-state index contributed by atoms with van der Waals surface area (Å²) in [6.45, 7) is 6.28. The third-order valence-electron chi connectivity index (χ3n) is 3.32. The molecule has 2 nitrogen and oxygen atoms in total. The van der Waals surface area contributed by atoms with E-state index in [4.69, 9.17) is 11.6 Å². The van der Waals surface area contributed by atoms with E-state index in [0.717, 1.165) is 18.1 Å². The van der Waals surface area contributed by atoms with Gasteiger partial charge < -0.3 is 10.2 Å². The second-order valence-corrected chi connectivity index (χ2v) is 5.01. The van der Waals surface area contributed by atoms with Crippen molar-refractivity contribution in [3.8, 4) is 0 Å². The predicted molar refractivity (Wildman–Crippen MR) is 74.9 cm³/mol. The highest BCUT2D eigenvalue weighted by Crippen LogP contribution is 2.25. The minimum Gasteiger partial charge on any atom is -0.371 e. The Kier molecular flexibility index (Phi) is 4.69. The zero-order valence-corrected chi connectivity index (χ0v) is 11.3. The van der Waals surface area contributed by atoms with Crippen molar-refractivity contribution in [1.29, 1.82) is 0 Å². The first-order chi connectivity index (χ1) is 8.31. The van der Waals surface area contributed by atoms with Crippen LogP contribution >= 0.6 is 11.6 Å². The fourth-order valence-electron chi connectivity index (χ4n) is 2.29. The van der Waals surface area contributed by atoms with Crippen LogP contribution in [0.25, 0.3) is 0 Å². The Balaban J connectivity index is 2.06. The highest BCUT2D eigenvalue weighted by Gasteiger charge is 2.12. The Morgan fingerprint density at radius 3 is 2.65 bits per heavy atom. The topological polar surface area (TPSA) is 15.3 Å². The van der Waals surface area contributed by atoms with Gasteiger partial charge in [0.25, 0.3) is 0 Å². The molecule has 0 amide bonds. The van der Waals surface area contributed by atoms with Crippen LogP contribution in [0, 0.1) is 0 Å². The van der Waals surface area contributed by atoms with E-state index >= 15 is 0 Å². The molecular weight excluding hydrogens is 232 g/mol. The average Bonchev–Trinajstić information content (AvgIpc) is 2.38. The molecule has 94 valence electrons. The van der Waals surface area contributed by atoms with Crippen molar-refractivity contribution in [1.82, 2.24) is 5.32 Å². The smallest absolute Gasteiger partial charge is 0.0471 e. The molecule has 2 rings (SSSR count). The van der Waals surface area contributed by atoms with Gasteiger partial charge in [-0.05, 0) is 43.5 Å². The number of piperidine rings is 1. The highest BCUT2D eigenvalue weighted by atomic mass is 35.5. The molecule has 0 saturated carbocycles.